The van der Waals surface area contributed by atoms with Gasteiger partial charge in [0.1, 0.15) is 0 Å². The maximum atomic E-state index is 11.7. The van der Waals surface area contributed by atoms with Gasteiger partial charge >= 0.3 is 0 Å². The second-order valence-electron chi connectivity index (χ2n) is 5.45. The lowest BCUT2D eigenvalue weighted by molar-refractivity contribution is -0.129. The molecule has 1 atom stereocenters. The highest BCUT2D eigenvalue weighted by molar-refractivity contribution is 5.80. The van der Waals surface area contributed by atoms with Crippen molar-refractivity contribution in [2.45, 2.75) is 52.1 Å². The van der Waals surface area contributed by atoms with Gasteiger partial charge in [-0.25, -0.2) is 0 Å². The van der Waals surface area contributed by atoms with Crippen molar-refractivity contribution in [3.63, 3.8) is 0 Å². The van der Waals surface area contributed by atoms with Crippen LogP contribution in [0.5, 0.6) is 0 Å². The Hall–Kier alpha value is -0.570. The maximum Gasteiger partial charge on any atom is 0.237 e. The monoisotopic (exact) mass is 210 g/mol. The van der Waals surface area contributed by atoms with Gasteiger partial charge in [-0.05, 0) is 25.2 Å². The molecule has 15 heavy (non-hydrogen) atoms. The summed E-state index contributed by atoms with van der Waals surface area (Å²) in [5.74, 6) is 0.272. The zero-order valence-electron chi connectivity index (χ0n) is 9.88. The van der Waals surface area contributed by atoms with Gasteiger partial charge in [-0.2, -0.15) is 0 Å². The van der Waals surface area contributed by atoms with Crippen LogP contribution in [0.2, 0.25) is 0 Å². The van der Waals surface area contributed by atoms with Gasteiger partial charge in [0.25, 0.3) is 0 Å². The summed E-state index contributed by atoms with van der Waals surface area (Å²) in [5, 5.41) is 3.20. The summed E-state index contributed by atoms with van der Waals surface area (Å²) < 4.78 is 0. The molecule has 1 amide bonds. The van der Waals surface area contributed by atoms with Gasteiger partial charge < -0.3 is 4.90 Å². The summed E-state index contributed by atoms with van der Waals surface area (Å²) in [6.07, 6.45) is 6.83. The molecule has 1 unspecified atom stereocenters. The first kappa shape index (κ1) is 10.9. The molecule has 1 saturated heterocycles. The van der Waals surface area contributed by atoms with Crippen LogP contribution in [0.1, 0.15) is 46.0 Å². The zero-order chi connectivity index (χ0) is 10.9. The molecule has 0 bridgehead atoms. The summed E-state index contributed by atoms with van der Waals surface area (Å²) in [5.41, 5.74) is 0.369. The zero-order valence-corrected chi connectivity index (χ0v) is 9.88. The Kier molecular flexibility index (Phi) is 3.01. The highest BCUT2D eigenvalue weighted by Gasteiger charge is 2.35. The normalized spacial score (nSPS) is 30.9. The highest BCUT2D eigenvalue weighted by Crippen LogP contribution is 2.36. The average molecular weight is 210 g/mol. The Morgan fingerprint density at radius 3 is 2.60 bits per heavy atom. The summed E-state index contributed by atoms with van der Waals surface area (Å²) in [6, 6.07) is 0. The number of amides is 1. The minimum absolute atomic E-state index is 0.233. The van der Waals surface area contributed by atoms with E-state index >= 15 is 0 Å². The van der Waals surface area contributed by atoms with Gasteiger partial charge in [-0.15, -0.1) is 0 Å². The fraction of sp³-hybridized carbons (Fsp3) is 0.917. The van der Waals surface area contributed by atoms with Crippen LogP contribution in [0.25, 0.3) is 0 Å². The highest BCUT2D eigenvalue weighted by atomic mass is 16.2. The summed E-state index contributed by atoms with van der Waals surface area (Å²) in [7, 11) is 0. The van der Waals surface area contributed by atoms with Gasteiger partial charge in [0.2, 0.25) is 5.91 Å². The van der Waals surface area contributed by atoms with E-state index in [0.717, 1.165) is 6.54 Å². The van der Waals surface area contributed by atoms with Crippen molar-refractivity contribution < 1.29 is 4.79 Å². The van der Waals surface area contributed by atoms with Crippen LogP contribution in [0, 0.1) is 5.41 Å². The van der Waals surface area contributed by atoms with Crippen LogP contribution < -0.4 is 5.32 Å². The molecule has 0 spiro atoms. The Morgan fingerprint density at radius 2 is 2.07 bits per heavy atom. The molecule has 1 heterocycles. The van der Waals surface area contributed by atoms with E-state index in [9.17, 15) is 4.79 Å². The van der Waals surface area contributed by atoms with E-state index in [4.69, 9.17) is 0 Å². The third-order valence-corrected chi connectivity index (χ3v) is 3.95. The molecule has 2 rings (SSSR count). The Morgan fingerprint density at radius 1 is 1.40 bits per heavy atom. The van der Waals surface area contributed by atoms with E-state index in [2.05, 4.69) is 19.2 Å². The smallest absolute Gasteiger partial charge is 0.237 e. The molecule has 2 aliphatic rings. The van der Waals surface area contributed by atoms with Crippen LogP contribution in [0.15, 0.2) is 0 Å². The lowest BCUT2D eigenvalue weighted by atomic mass is 9.75. The number of nitrogens with one attached hydrogen (secondary N) is 1. The molecule has 0 aromatic heterocycles. The standard InChI is InChI=1S/C12H22N2O/c1-10-13-8-11(15)14(10)9-12(2)6-4-3-5-7-12/h10,13H,3-9H2,1-2H3. The summed E-state index contributed by atoms with van der Waals surface area (Å²) in [6.45, 7) is 5.89. The van der Waals surface area contributed by atoms with Crippen molar-refractivity contribution in [2.24, 2.45) is 5.41 Å². The van der Waals surface area contributed by atoms with Gasteiger partial charge in [-0.3, -0.25) is 10.1 Å². The van der Waals surface area contributed by atoms with Crippen molar-refractivity contribution >= 4 is 5.91 Å². The van der Waals surface area contributed by atoms with Crippen LogP contribution in [-0.2, 0) is 4.79 Å². The number of nitrogens with zero attached hydrogens (tertiary/aromatic N) is 1. The van der Waals surface area contributed by atoms with E-state index in [1.165, 1.54) is 32.1 Å². The predicted octanol–water partition coefficient (Wildman–Crippen LogP) is 1.73. The minimum atomic E-state index is 0.233. The SMILES string of the molecule is CC1NCC(=O)N1CC1(C)CCCCC1. The van der Waals surface area contributed by atoms with Crippen molar-refractivity contribution in [2.75, 3.05) is 13.1 Å². The lowest BCUT2D eigenvalue weighted by Crippen LogP contribution is -2.43. The van der Waals surface area contributed by atoms with E-state index < -0.39 is 0 Å². The van der Waals surface area contributed by atoms with Crippen LogP contribution >= 0.6 is 0 Å². The molecular weight excluding hydrogens is 188 g/mol. The quantitative estimate of drug-likeness (QED) is 0.753. The molecule has 1 saturated carbocycles. The van der Waals surface area contributed by atoms with Gasteiger partial charge in [0, 0.05) is 6.54 Å². The van der Waals surface area contributed by atoms with Crippen LogP contribution in [-0.4, -0.2) is 30.1 Å². The largest absolute Gasteiger partial charge is 0.326 e. The fourth-order valence-corrected chi connectivity index (χ4v) is 2.86. The first-order chi connectivity index (χ1) is 7.11. The third-order valence-electron chi connectivity index (χ3n) is 3.95. The number of rotatable bonds is 2. The van der Waals surface area contributed by atoms with E-state index in [1.54, 1.807) is 0 Å². The first-order valence-electron chi connectivity index (χ1n) is 6.14. The summed E-state index contributed by atoms with van der Waals surface area (Å²) in [4.78, 5) is 13.7. The minimum Gasteiger partial charge on any atom is -0.326 e. The van der Waals surface area contributed by atoms with Gasteiger partial charge in [0.05, 0.1) is 12.7 Å². The number of hydrogen-bond donors (Lipinski definition) is 1. The third kappa shape index (κ3) is 2.33. The molecule has 1 aliphatic carbocycles. The lowest BCUT2D eigenvalue weighted by Gasteiger charge is -2.38. The molecule has 3 nitrogen and oxygen atoms in total. The fourth-order valence-electron chi connectivity index (χ4n) is 2.86. The van der Waals surface area contributed by atoms with Crippen LogP contribution in [0.4, 0.5) is 0 Å². The van der Waals surface area contributed by atoms with E-state index in [1.807, 2.05) is 4.90 Å². The number of carbonyl (C=O) groups is 1. The Bertz CT molecular complexity index is 246. The molecule has 1 N–H and O–H groups in total. The second kappa shape index (κ2) is 4.12. The van der Waals surface area contributed by atoms with Gasteiger partial charge in [-0.1, -0.05) is 26.2 Å². The number of hydrogen-bond acceptors (Lipinski definition) is 2. The van der Waals surface area contributed by atoms with Crippen molar-refractivity contribution in [1.82, 2.24) is 10.2 Å². The average Bonchev–Trinajstić information content (AvgIpc) is 2.50. The summed E-state index contributed by atoms with van der Waals surface area (Å²) >= 11 is 0. The topological polar surface area (TPSA) is 32.3 Å². The molecule has 0 aromatic carbocycles. The Balaban J connectivity index is 1.97. The van der Waals surface area contributed by atoms with Crippen molar-refractivity contribution in [3.8, 4) is 0 Å². The molecular formula is C12H22N2O. The van der Waals surface area contributed by atoms with Crippen LogP contribution in [0.3, 0.4) is 0 Å². The number of carbonyl (C=O) groups excluding carboxylic acids is 1. The maximum absolute atomic E-state index is 11.7. The Labute approximate surface area is 92.2 Å². The molecule has 0 aromatic rings. The van der Waals surface area contributed by atoms with Gasteiger partial charge in [0.15, 0.2) is 0 Å². The van der Waals surface area contributed by atoms with Crippen molar-refractivity contribution in [1.29, 1.82) is 0 Å². The first-order valence-corrected chi connectivity index (χ1v) is 6.14. The van der Waals surface area contributed by atoms with E-state index in [-0.39, 0.29) is 12.1 Å². The molecule has 1 aliphatic heterocycles. The second-order valence-corrected chi connectivity index (χ2v) is 5.45. The molecule has 86 valence electrons. The molecule has 3 heteroatoms. The molecule has 2 fully saturated rings. The van der Waals surface area contributed by atoms with E-state index in [0.29, 0.717) is 12.0 Å². The molecule has 0 radical (unpaired) electrons. The predicted molar refractivity (Wildman–Crippen MR) is 60.4 cm³/mol. The van der Waals surface area contributed by atoms with Crippen molar-refractivity contribution in [3.05, 3.63) is 0 Å².